The molecule has 0 fully saturated rings. The smallest absolute Gasteiger partial charge is 0.348 e. The van der Waals surface area contributed by atoms with Crippen LogP contribution in [0.5, 0.6) is 0 Å². The number of aryl methyl sites for hydroxylation is 1. The second-order valence-electron chi connectivity index (χ2n) is 4.54. The number of carbonyl (C=O) groups is 2. The summed E-state index contributed by atoms with van der Waals surface area (Å²) in [6, 6.07) is 3.76. The van der Waals surface area contributed by atoms with E-state index < -0.39 is 17.7 Å². The molecule has 1 amide bonds. The number of thiophene rings is 1. The number of carbonyl (C=O) groups excluding carboxylic acids is 2. The second kappa shape index (κ2) is 7.29. The van der Waals surface area contributed by atoms with E-state index in [9.17, 15) is 14.0 Å². The predicted molar refractivity (Wildman–Crippen MR) is 89.4 cm³/mol. The molecule has 0 radical (unpaired) electrons. The first kappa shape index (κ1) is 17.7. The molecule has 0 saturated carbocycles. The summed E-state index contributed by atoms with van der Waals surface area (Å²) in [6.07, 6.45) is 0. The molecule has 1 N–H and O–H groups in total. The highest BCUT2D eigenvalue weighted by molar-refractivity contribution is 7.18. The van der Waals surface area contributed by atoms with E-state index in [1.807, 2.05) is 0 Å². The van der Waals surface area contributed by atoms with Crippen molar-refractivity contribution in [3.8, 4) is 0 Å². The Bertz CT molecular complexity index is 776. The van der Waals surface area contributed by atoms with Gasteiger partial charge >= 0.3 is 5.97 Å². The number of anilines is 1. The van der Waals surface area contributed by atoms with Crippen LogP contribution in [0, 0.1) is 12.7 Å². The quantitative estimate of drug-likeness (QED) is 0.608. The van der Waals surface area contributed by atoms with Gasteiger partial charge in [0.05, 0.1) is 27.2 Å². The Kier molecular flexibility index (Phi) is 5.62. The largest absolute Gasteiger partial charge is 0.462 e. The summed E-state index contributed by atoms with van der Waals surface area (Å²) in [5.41, 5.74) is 0.634. The molecule has 0 atom stereocenters. The van der Waals surface area contributed by atoms with Crippen molar-refractivity contribution in [2.45, 2.75) is 13.8 Å². The van der Waals surface area contributed by atoms with Crippen molar-refractivity contribution < 1.29 is 18.7 Å². The van der Waals surface area contributed by atoms with Gasteiger partial charge in [0, 0.05) is 0 Å². The van der Waals surface area contributed by atoms with Gasteiger partial charge in [0.1, 0.15) is 10.7 Å². The van der Waals surface area contributed by atoms with Crippen LogP contribution in [0.1, 0.15) is 32.5 Å². The van der Waals surface area contributed by atoms with Gasteiger partial charge in [-0.05, 0) is 37.6 Å². The maximum atomic E-state index is 13.5. The van der Waals surface area contributed by atoms with Gasteiger partial charge in [-0.1, -0.05) is 23.2 Å². The minimum absolute atomic E-state index is 0.0350. The van der Waals surface area contributed by atoms with Crippen LogP contribution in [0.4, 0.5) is 9.39 Å². The Morgan fingerprint density at radius 3 is 2.61 bits per heavy atom. The lowest BCUT2D eigenvalue weighted by Crippen LogP contribution is -2.12. The summed E-state index contributed by atoms with van der Waals surface area (Å²) < 4.78 is 18.4. The SMILES string of the molecule is CCOC(=O)c1sc(NC(=O)c2cc(F)c(Cl)cc2Cl)cc1C. The molecule has 8 heteroatoms. The van der Waals surface area contributed by atoms with Crippen LogP contribution in [0.2, 0.25) is 10.0 Å². The van der Waals surface area contributed by atoms with Gasteiger partial charge in [0.25, 0.3) is 5.91 Å². The third-order valence-electron chi connectivity index (χ3n) is 2.87. The van der Waals surface area contributed by atoms with Crippen LogP contribution in [0.25, 0.3) is 0 Å². The van der Waals surface area contributed by atoms with Gasteiger partial charge in [0.15, 0.2) is 0 Å². The van der Waals surface area contributed by atoms with Crippen LogP contribution in [-0.2, 0) is 4.74 Å². The van der Waals surface area contributed by atoms with E-state index in [4.69, 9.17) is 27.9 Å². The number of benzene rings is 1. The number of ether oxygens (including phenoxy) is 1. The topological polar surface area (TPSA) is 55.4 Å². The molecular formula is C15H12Cl2FNO3S. The Labute approximate surface area is 146 Å². The summed E-state index contributed by atoms with van der Waals surface area (Å²) in [5.74, 6) is -1.79. The molecule has 4 nitrogen and oxygen atoms in total. The Balaban J connectivity index is 2.23. The molecule has 0 aliphatic heterocycles. The van der Waals surface area contributed by atoms with Gasteiger partial charge in [-0.15, -0.1) is 11.3 Å². The van der Waals surface area contributed by atoms with Crippen molar-refractivity contribution in [2.75, 3.05) is 11.9 Å². The molecule has 0 saturated heterocycles. The highest BCUT2D eigenvalue weighted by atomic mass is 35.5. The van der Waals surface area contributed by atoms with Crippen LogP contribution in [-0.4, -0.2) is 18.5 Å². The highest BCUT2D eigenvalue weighted by Gasteiger charge is 2.18. The van der Waals surface area contributed by atoms with Crippen LogP contribution in [0.15, 0.2) is 18.2 Å². The number of nitrogens with one attached hydrogen (secondary N) is 1. The Hall–Kier alpha value is -1.63. The van der Waals surface area contributed by atoms with Crippen molar-refractivity contribution in [1.29, 1.82) is 0 Å². The molecule has 1 aromatic heterocycles. The normalized spacial score (nSPS) is 10.5. The fourth-order valence-corrected chi connectivity index (χ4v) is 3.25. The maximum absolute atomic E-state index is 13.5. The van der Waals surface area contributed by atoms with Crippen molar-refractivity contribution in [3.63, 3.8) is 0 Å². The van der Waals surface area contributed by atoms with E-state index in [-0.39, 0.29) is 22.2 Å². The fraction of sp³-hybridized carbons (Fsp3) is 0.200. The van der Waals surface area contributed by atoms with E-state index in [2.05, 4.69) is 5.32 Å². The molecule has 0 unspecified atom stereocenters. The lowest BCUT2D eigenvalue weighted by atomic mass is 10.2. The molecule has 0 aliphatic rings. The minimum atomic E-state index is -0.740. The first-order chi connectivity index (χ1) is 10.8. The second-order valence-corrected chi connectivity index (χ2v) is 6.41. The maximum Gasteiger partial charge on any atom is 0.348 e. The average molecular weight is 376 g/mol. The minimum Gasteiger partial charge on any atom is -0.462 e. The van der Waals surface area contributed by atoms with Crippen molar-refractivity contribution in [1.82, 2.24) is 0 Å². The fourth-order valence-electron chi connectivity index (χ4n) is 1.82. The van der Waals surface area contributed by atoms with Crippen LogP contribution < -0.4 is 5.32 Å². The van der Waals surface area contributed by atoms with E-state index in [0.717, 1.165) is 23.5 Å². The first-order valence-electron chi connectivity index (χ1n) is 6.57. The average Bonchev–Trinajstić information content (AvgIpc) is 2.83. The summed E-state index contributed by atoms with van der Waals surface area (Å²) in [5, 5.41) is 2.89. The van der Waals surface area contributed by atoms with E-state index in [1.165, 1.54) is 0 Å². The third-order valence-corrected chi connectivity index (χ3v) is 4.60. The van der Waals surface area contributed by atoms with Crippen LogP contribution in [0.3, 0.4) is 0 Å². The number of amides is 1. The lowest BCUT2D eigenvalue weighted by Gasteiger charge is -2.06. The molecule has 122 valence electrons. The summed E-state index contributed by atoms with van der Waals surface area (Å²) in [4.78, 5) is 24.4. The van der Waals surface area contributed by atoms with Gasteiger partial charge in [-0.25, -0.2) is 9.18 Å². The molecule has 23 heavy (non-hydrogen) atoms. The summed E-state index contributed by atoms with van der Waals surface area (Å²) in [6.45, 7) is 3.70. The standard InChI is InChI=1S/C15H12Cl2FNO3S/c1-3-22-15(21)13-7(2)4-12(23-13)19-14(20)8-5-11(18)10(17)6-9(8)16/h4-6H,3H2,1-2H3,(H,19,20). The van der Waals surface area contributed by atoms with Crippen LogP contribution >= 0.6 is 34.5 Å². The highest BCUT2D eigenvalue weighted by Crippen LogP contribution is 2.29. The number of hydrogen-bond donors (Lipinski definition) is 1. The Morgan fingerprint density at radius 2 is 1.96 bits per heavy atom. The Morgan fingerprint density at radius 1 is 1.26 bits per heavy atom. The first-order valence-corrected chi connectivity index (χ1v) is 8.14. The zero-order valence-corrected chi connectivity index (χ0v) is 14.5. The molecule has 2 aromatic rings. The van der Waals surface area contributed by atoms with Gasteiger partial charge in [0.2, 0.25) is 0 Å². The van der Waals surface area contributed by atoms with Gasteiger partial charge in [-0.2, -0.15) is 0 Å². The summed E-state index contributed by atoms with van der Waals surface area (Å²) >= 11 is 12.6. The van der Waals surface area contributed by atoms with Gasteiger partial charge < -0.3 is 10.1 Å². The number of halogens is 3. The van der Waals surface area contributed by atoms with Crippen molar-refractivity contribution >= 4 is 51.4 Å². The monoisotopic (exact) mass is 375 g/mol. The zero-order chi connectivity index (χ0) is 17.1. The molecule has 1 heterocycles. The molecular weight excluding hydrogens is 364 g/mol. The third kappa shape index (κ3) is 4.02. The molecule has 0 bridgehead atoms. The number of esters is 1. The lowest BCUT2D eigenvalue weighted by molar-refractivity contribution is 0.0531. The summed E-state index contributed by atoms with van der Waals surface area (Å²) in [7, 11) is 0. The molecule has 0 spiro atoms. The molecule has 0 aliphatic carbocycles. The number of hydrogen-bond acceptors (Lipinski definition) is 4. The molecule has 1 aromatic carbocycles. The van der Waals surface area contributed by atoms with Crippen molar-refractivity contribution in [3.05, 3.63) is 50.1 Å². The van der Waals surface area contributed by atoms with E-state index in [0.29, 0.717) is 15.4 Å². The zero-order valence-electron chi connectivity index (χ0n) is 12.2. The molecule has 2 rings (SSSR count). The van der Waals surface area contributed by atoms with E-state index >= 15 is 0 Å². The number of rotatable bonds is 4. The van der Waals surface area contributed by atoms with Crippen molar-refractivity contribution in [2.24, 2.45) is 0 Å². The van der Waals surface area contributed by atoms with E-state index in [1.54, 1.807) is 19.9 Å². The predicted octanol–water partition coefficient (Wildman–Crippen LogP) is 4.93. The van der Waals surface area contributed by atoms with Gasteiger partial charge in [-0.3, -0.25) is 4.79 Å².